The topological polar surface area (TPSA) is 32.3 Å². The Labute approximate surface area is 121 Å². The Morgan fingerprint density at radius 1 is 1.25 bits per heavy atom. The molecular weight excluding hydrogens is 248 g/mol. The van der Waals surface area contributed by atoms with Gasteiger partial charge in [-0.2, -0.15) is 0 Å². The number of nitrogens with zero attached hydrogens (tertiary/aromatic N) is 1. The summed E-state index contributed by atoms with van der Waals surface area (Å²) in [7, 11) is 0. The van der Waals surface area contributed by atoms with E-state index in [1.807, 2.05) is 11.0 Å². The van der Waals surface area contributed by atoms with E-state index in [0.29, 0.717) is 5.91 Å². The van der Waals surface area contributed by atoms with Gasteiger partial charge >= 0.3 is 0 Å². The molecule has 1 heterocycles. The number of benzene rings is 1. The van der Waals surface area contributed by atoms with Gasteiger partial charge in [-0.05, 0) is 43.6 Å². The van der Waals surface area contributed by atoms with Gasteiger partial charge in [0, 0.05) is 6.54 Å². The maximum absolute atomic E-state index is 12.5. The number of rotatable bonds is 5. The van der Waals surface area contributed by atoms with Crippen LogP contribution in [0.4, 0.5) is 0 Å². The second kappa shape index (κ2) is 5.57. The first-order valence-electron chi connectivity index (χ1n) is 7.75. The summed E-state index contributed by atoms with van der Waals surface area (Å²) in [4.78, 5) is 14.5. The number of amides is 1. The van der Waals surface area contributed by atoms with E-state index in [2.05, 4.69) is 43.4 Å². The zero-order valence-electron chi connectivity index (χ0n) is 12.4. The van der Waals surface area contributed by atoms with Crippen molar-refractivity contribution in [3.63, 3.8) is 0 Å². The van der Waals surface area contributed by atoms with Crippen LogP contribution >= 0.6 is 0 Å². The summed E-state index contributed by atoms with van der Waals surface area (Å²) in [6.45, 7) is 5.32. The van der Waals surface area contributed by atoms with E-state index in [-0.39, 0.29) is 12.2 Å². The van der Waals surface area contributed by atoms with Crippen LogP contribution in [0.3, 0.4) is 0 Å². The van der Waals surface area contributed by atoms with Gasteiger partial charge in [0.2, 0.25) is 5.91 Å². The fraction of sp³-hybridized carbons (Fsp3) is 0.588. The van der Waals surface area contributed by atoms with E-state index in [0.717, 1.165) is 31.2 Å². The average molecular weight is 272 g/mol. The minimum Gasteiger partial charge on any atom is -0.326 e. The summed E-state index contributed by atoms with van der Waals surface area (Å²) in [5, 5.41) is 3.45. The molecule has 1 aliphatic carbocycles. The van der Waals surface area contributed by atoms with Crippen LogP contribution in [0.5, 0.6) is 0 Å². The van der Waals surface area contributed by atoms with Gasteiger partial charge < -0.3 is 4.90 Å². The van der Waals surface area contributed by atoms with Crippen LogP contribution < -0.4 is 5.32 Å². The lowest BCUT2D eigenvalue weighted by molar-refractivity contribution is -0.130. The molecule has 0 radical (unpaired) electrons. The highest BCUT2D eigenvalue weighted by Gasteiger charge is 2.41. The highest BCUT2D eigenvalue weighted by atomic mass is 16.2. The SMILES string of the molecule is CC1CC1CN1C(=O)C(CCc2ccccc2)NC1C. The number of carbonyl (C=O) groups is 1. The van der Waals surface area contributed by atoms with Crippen molar-refractivity contribution in [1.82, 2.24) is 10.2 Å². The predicted octanol–water partition coefficient (Wildman–Crippen LogP) is 2.42. The van der Waals surface area contributed by atoms with Crippen molar-refractivity contribution in [2.45, 2.75) is 45.3 Å². The summed E-state index contributed by atoms with van der Waals surface area (Å²) in [5.74, 6) is 1.84. The molecule has 1 amide bonds. The third-order valence-electron chi connectivity index (χ3n) is 4.76. The molecule has 3 heteroatoms. The fourth-order valence-electron chi connectivity index (χ4n) is 3.16. The third kappa shape index (κ3) is 2.88. The van der Waals surface area contributed by atoms with Gasteiger partial charge in [-0.3, -0.25) is 10.1 Å². The van der Waals surface area contributed by atoms with Crippen molar-refractivity contribution >= 4 is 5.91 Å². The van der Waals surface area contributed by atoms with Crippen molar-refractivity contribution < 1.29 is 4.79 Å². The normalized spacial score (nSPS) is 32.7. The minimum absolute atomic E-state index is 0.000683. The monoisotopic (exact) mass is 272 g/mol. The number of carbonyl (C=O) groups excluding carboxylic acids is 1. The van der Waals surface area contributed by atoms with E-state index < -0.39 is 0 Å². The lowest BCUT2D eigenvalue weighted by Gasteiger charge is -2.20. The molecule has 2 fully saturated rings. The first-order chi connectivity index (χ1) is 9.65. The summed E-state index contributed by atoms with van der Waals surface area (Å²) in [6, 6.07) is 10.4. The minimum atomic E-state index is -0.000683. The van der Waals surface area contributed by atoms with Gasteiger partial charge in [0.25, 0.3) is 0 Å². The van der Waals surface area contributed by atoms with Gasteiger partial charge in [0.05, 0.1) is 12.2 Å². The zero-order chi connectivity index (χ0) is 14.1. The zero-order valence-corrected chi connectivity index (χ0v) is 12.4. The van der Waals surface area contributed by atoms with E-state index in [9.17, 15) is 4.79 Å². The van der Waals surface area contributed by atoms with Gasteiger partial charge in [-0.15, -0.1) is 0 Å². The molecular formula is C17H24N2O. The second-order valence-electron chi connectivity index (χ2n) is 6.38. The predicted molar refractivity (Wildman–Crippen MR) is 80.1 cm³/mol. The highest BCUT2D eigenvalue weighted by Crippen LogP contribution is 2.39. The molecule has 4 unspecified atom stereocenters. The molecule has 1 aromatic rings. The van der Waals surface area contributed by atoms with E-state index >= 15 is 0 Å². The first kappa shape index (κ1) is 13.6. The van der Waals surface area contributed by atoms with Crippen molar-refractivity contribution in [3.8, 4) is 0 Å². The smallest absolute Gasteiger partial charge is 0.241 e. The molecule has 1 aromatic carbocycles. The number of hydrogen-bond acceptors (Lipinski definition) is 2. The maximum atomic E-state index is 12.5. The summed E-state index contributed by atoms with van der Waals surface area (Å²) >= 11 is 0. The molecule has 0 bridgehead atoms. The van der Waals surface area contributed by atoms with Crippen LogP contribution in [0.15, 0.2) is 30.3 Å². The third-order valence-corrected chi connectivity index (χ3v) is 4.76. The fourth-order valence-corrected chi connectivity index (χ4v) is 3.16. The molecule has 108 valence electrons. The molecule has 1 saturated carbocycles. The van der Waals surface area contributed by atoms with E-state index in [1.54, 1.807) is 0 Å². The molecule has 1 aliphatic heterocycles. The Balaban J connectivity index is 1.54. The quantitative estimate of drug-likeness (QED) is 0.893. The number of hydrogen-bond donors (Lipinski definition) is 1. The van der Waals surface area contributed by atoms with Gasteiger partial charge in [0.1, 0.15) is 0 Å². The van der Waals surface area contributed by atoms with Crippen molar-refractivity contribution in [1.29, 1.82) is 0 Å². The molecule has 2 aliphatic rings. The van der Waals surface area contributed by atoms with Crippen molar-refractivity contribution in [3.05, 3.63) is 35.9 Å². The molecule has 0 aromatic heterocycles. The van der Waals surface area contributed by atoms with Crippen LogP contribution in [-0.2, 0) is 11.2 Å². The molecule has 1 N–H and O–H groups in total. The summed E-state index contributed by atoms with van der Waals surface area (Å²) < 4.78 is 0. The summed E-state index contributed by atoms with van der Waals surface area (Å²) in [5.41, 5.74) is 1.31. The van der Waals surface area contributed by atoms with Crippen LogP contribution in [0.25, 0.3) is 0 Å². The van der Waals surface area contributed by atoms with Gasteiger partial charge in [0.15, 0.2) is 0 Å². The van der Waals surface area contributed by atoms with Crippen LogP contribution in [0, 0.1) is 11.8 Å². The van der Waals surface area contributed by atoms with Crippen LogP contribution in [0.2, 0.25) is 0 Å². The molecule has 3 nitrogen and oxygen atoms in total. The Bertz CT molecular complexity index is 473. The van der Waals surface area contributed by atoms with E-state index in [4.69, 9.17) is 0 Å². The lowest BCUT2D eigenvalue weighted by Crippen LogP contribution is -2.36. The Morgan fingerprint density at radius 2 is 1.95 bits per heavy atom. The molecule has 1 saturated heterocycles. The van der Waals surface area contributed by atoms with E-state index in [1.165, 1.54) is 12.0 Å². The maximum Gasteiger partial charge on any atom is 0.241 e. The Hall–Kier alpha value is -1.35. The second-order valence-corrected chi connectivity index (χ2v) is 6.38. The molecule has 0 spiro atoms. The molecule has 4 atom stereocenters. The molecule has 3 rings (SSSR count). The molecule has 20 heavy (non-hydrogen) atoms. The number of nitrogens with one attached hydrogen (secondary N) is 1. The lowest BCUT2D eigenvalue weighted by atomic mass is 10.1. The van der Waals surface area contributed by atoms with Crippen LogP contribution in [0.1, 0.15) is 32.3 Å². The first-order valence-corrected chi connectivity index (χ1v) is 7.75. The number of aryl methyl sites for hydroxylation is 1. The van der Waals surface area contributed by atoms with Crippen LogP contribution in [-0.4, -0.2) is 29.6 Å². The van der Waals surface area contributed by atoms with Crippen molar-refractivity contribution in [2.75, 3.05) is 6.54 Å². The largest absolute Gasteiger partial charge is 0.326 e. The standard InChI is InChI=1S/C17H24N2O/c1-12-10-15(12)11-19-13(2)18-16(17(19)20)9-8-14-6-4-3-5-7-14/h3-7,12-13,15-16,18H,8-11H2,1-2H3. The van der Waals surface area contributed by atoms with Gasteiger partial charge in [-0.1, -0.05) is 37.3 Å². The van der Waals surface area contributed by atoms with Gasteiger partial charge in [-0.25, -0.2) is 0 Å². The van der Waals surface area contributed by atoms with Crippen molar-refractivity contribution in [2.24, 2.45) is 11.8 Å². The summed E-state index contributed by atoms with van der Waals surface area (Å²) in [6.07, 6.45) is 3.33. The Kier molecular flexibility index (Phi) is 3.79. The highest BCUT2D eigenvalue weighted by molar-refractivity contribution is 5.84. The Morgan fingerprint density at radius 3 is 2.60 bits per heavy atom. The average Bonchev–Trinajstić information content (AvgIpc) is 3.09.